The molecule has 0 bridgehead atoms. The van der Waals surface area contributed by atoms with E-state index in [1.165, 1.54) is 16.7 Å². The minimum absolute atomic E-state index is 0.159. The minimum Gasteiger partial charge on any atom is -0.490 e. The number of aromatic nitrogens is 5. The van der Waals surface area contributed by atoms with Crippen molar-refractivity contribution in [3.8, 4) is 5.75 Å². The van der Waals surface area contributed by atoms with Gasteiger partial charge in [0, 0.05) is 69.2 Å². The Balaban J connectivity index is 0.865. The lowest BCUT2D eigenvalue weighted by Gasteiger charge is -2.40. The van der Waals surface area contributed by atoms with Crippen LogP contribution in [0.1, 0.15) is 98.9 Å². The molecule has 0 spiro atoms. The third kappa shape index (κ3) is 8.36. The monoisotopic (exact) mass is 829 g/mol. The molecule has 1 unspecified atom stereocenters. The van der Waals surface area contributed by atoms with E-state index in [0.29, 0.717) is 29.5 Å². The topological polar surface area (TPSA) is 148 Å². The van der Waals surface area contributed by atoms with Gasteiger partial charge >= 0.3 is 11.9 Å². The Morgan fingerprint density at radius 2 is 1.72 bits per heavy atom. The molecular formula is C43H50F3N9O5. The summed E-state index contributed by atoms with van der Waals surface area (Å²) in [5.74, 6) is -0.506. The zero-order chi connectivity index (χ0) is 42.5. The highest BCUT2D eigenvalue weighted by Crippen LogP contribution is 2.37. The van der Waals surface area contributed by atoms with Gasteiger partial charge in [-0.1, -0.05) is 6.07 Å². The molecule has 3 fully saturated rings. The number of carbonyl (C=O) groups is 3. The molecule has 8 rings (SSSR count). The van der Waals surface area contributed by atoms with E-state index in [1.807, 2.05) is 38.2 Å². The van der Waals surface area contributed by atoms with Crippen LogP contribution in [-0.2, 0) is 22.8 Å². The molecule has 2 N–H and O–H groups in total. The number of hydrogen-bond acceptors (Lipinski definition) is 9. The second kappa shape index (κ2) is 16.4. The lowest BCUT2D eigenvalue weighted by molar-refractivity contribution is -0.141. The third-order valence-electron chi connectivity index (χ3n) is 12.3. The van der Waals surface area contributed by atoms with Gasteiger partial charge in [0.15, 0.2) is 0 Å². The SMILES string of the molecule is CC(C)Oc1cc2nc(C3CCC(CN(C)C4CCN(c5ccc6c(c5)n(C)c(=O)n6C5CCC(=O)NC5=O)CC4)CC3)cn2cc1C(=O)Nc1cccc(C(F)(F)F)n1. The van der Waals surface area contributed by atoms with E-state index in [9.17, 15) is 32.3 Å². The predicted molar refractivity (Wildman–Crippen MR) is 219 cm³/mol. The normalized spacial score (nSPS) is 20.7. The summed E-state index contributed by atoms with van der Waals surface area (Å²) in [6.07, 6.45) is 5.28. The first-order valence-electron chi connectivity index (χ1n) is 20.7. The molecule has 60 heavy (non-hydrogen) atoms. The van der Waals surface area contributed by atoms with Crippen LogP contribution in [0.4, 0.5) is 24.7 Å². The van der Waals surface area contributed by atoms with Gasteiger partial charge in [0.2, 0.25) is 11.8 Å². The summed E-state index contributed by atoms with van der Waals surface area (Å²) in [5.41, 5.74) is 2.83. The largest absolute Gasteiger partial charge is 0.490 e. The molecule has 0 radical (unpaired) electrons. The molecule has 1 saturated carbocycles. The predicted octanol–water partition coefficient (Wildman–Crippen LogP) is 6.29. The highest BCUT2D eigenvalue weighted by atomic mass is 19.4. The Bertz CT molecular complexity index is 2490. The van der Waals surface area contributed by atoms with E-state index < -0.39 is 29.7 Å². The van der Waals surface area contributed by atoms with Gasteiger partial charge < -0.3 is 24.3 Å². The van der Waals surface area contributed by atoms with Crippen molar-refractivity contribution in [3.05, 3.63) is 82.3 Å². The molecule has 2 saturated heterocycles. The number of imide groups is 1. The second-order valence-corrected chi connectivity index (χ2v) is 16.7. The molecule has 318 valence electrons. The molecule has 1 aliphatic carbocycles. The number of piperidine rings is 2. The maximum absolute atomic E-state index is 13.4. The van der Waals surface area contributed by atoms with Crippen LogP contribution < -0.4 is 26.0 Å². The molecule has 4 aromatic heterocycles. The smallest absolute Gasteiger partial charge is 0.433 e. The highest BCUT2D eigenvalue weighted by Gasteiger charge is 2.34. The van der Waals surface area contributed by atoms with E-state index in [-0.39, 0.29) is 47.2 Å². The van der Waals surface area contributed by atoms with E-state index in [4.69, 9.17) is 9.72 Å². The maximum atomic E-state index is 13.4. The van der Waals surface area contributed by atoms with Crippen LogP contribution in [-0.4, -0.2) is 85.0 Å². The number of pyridine rings is 2. The van der Waals surface area contributed by atoms with Crippen molar-refractivity contribution in [3.63, 3.8) is 0 Å². The number of benzene rings is 1. The van der Waals surface area contributed by atoms with Crippen molar-refractivity contribution < 1.29 is 32.3 Å². The summed E-state index contributed by atoms with van der Waals surface area (Å²) in [6.45, 7) is 6.45. The number of fused-ring (bicyclic) bond motifs is 2. The first-order valence-corrected chi connectivity index (χ1v) is 20.7. The molecule has 17 heteroatoms. The number of imidazole rings is 2. The fourth-order valence-corrected chi connectivity index (χ4v) is 9.14. The fourth-order valence-electron chi connectivity index (χ4n) is 9.14. The van der Waals surface area contributed by atoms with Crippen molar-refractivity contribution >= 4 is 45.9 Å². The molecule has 5 aromatic rings. The highest BCUT2D eigenvalue weighted by molar-refractivity contribution is 6.06. The Hall–Kier alpha value is -5.71. The third-order valence-corrected chi connectivity index (χ3v) is 12.3. The molecule has 1 aromatic carbocycles. The summed E-state index contributed by atoms with van der Waals surface area (Å²) in [6, 6.07) is 10.8. The number of carbonyl (C=O) groups excluding carboxylic acids is 3. The number of hydrogen-bond donors (Lipinski definition) is 2. The number of anilines is 2. The zero-order valence-electron chi connectivity index (χ0n) is 34.2. The van der Waals surface area contributed by atoms with Gasteiger partial charge in [0.05, 0.1) is 28.4 Å². The average molecular weight is 830 g/mol. The van der Waals surface area contributed by atoms with E-state index in [1.54, 1.807) is 28.3 Å². The molecule has 2 aliphatic heterocycles. The van der Waals surface area contributed by atoms with Crippen LogP contribution in [0.3, 0.4) is 0 Å². The lowest BCUT2D eigenvalue weighted by Crippen LogP contribution is -2.45. The van der Waals surface area contributed by atoms with Crippen molar-refractivity contribution in [2.24, 2.45) is 13.0 Å². The quantitative estimate of drug-likeness (QED) is 0.155. The van der Waals surface area contributed by atoms with E-state index in [0.717, 1.165) is 81.1 Å². The number of halogens is 3. The first kappa shape index (κ1) is 41.0. The molecule has 3 amide bonds. The summed E-state index contributed by atoms with van der Waals surface area (Å²) >= 11 is 0. The van der Waals surface area contributed by atoms with E-state index >= 15 is 0 Å². The number of aryl methyl sites for hydroxylation is 1. The van der Waals surface area contributed by atoms with Crippen molar-refractivity contribution in [2.45, 2.75) is 95.5 Å². The Morgan fingerprint density at radius 1 is 0.967 bits per heavy atom. The number of alkyl halides is 3. The molecule has 3 aliphatic rings. The number of nitrogens with one attached hydrogen (secondary N) is 2. The number of amides is 3. The van der Waals surface area contributed by atoms with Crippen LogP contribution in [0.15, 0.2) is 59.7 Å². The molecule has 6 heterocycles. The van der Waals surface area contributed by atoms with E-state index in [2.05, 4.69) is 32.5 Å². The van der Waals surface area contributed by atoms with Crippen LogP contribution >= 0.6 is 0 Å². The van der Waals surface area contributed by atoms with Gasteiger partial charge in [0.1, 0.15) is 29.0 Å². The molecule has 1 atom stereocenters. The Labute approximate surface area is 344 Å². The number of nitrogens with zero attached hydrogens (tertiary/aromatic N) is 7. The summed E-state index contributed by atoms with van der Waals surface area (Å²) in [5, 5.41) is 4.86. The van der Waals surface area contributed by atoms with Crippen LogP contribution in [0, 0.1) is 5.92 Å². The maximum Gasteiger partial charge on any atom is 0.433 e. The zero-order valence-corrected chi connectivity index (χ0v) is 34.2. The lowest BCUT2D eigenvalue weighted by atomic mass is 9.80. The summed E-state index contributed by atoms with van der Waals surface area (Å²) < 4.78 is 50.6. The van der Waals surface area contributed by atoms with Crippen LogP contribution in [0.5, 0.6) is 5.75 Å². The summed E-state index contributed by atoms with van der Waals surface area (Å²) in [4.78, 5) is 64.4. The van der Waals surface area contributed by atoms with Gasteiger partial charge in [-0.25, -0.2) is 14.8 Å². The Morgan fingerprint density at radius 3 is 2.42 bits per heavy atom. The van der Waals surface area contributed by atoms with Crippen molar-refractivity contribution in [1.29, 1.82) is 0 Å². The van der Waals surface area contributed by atoms with Crippen LogP contribution in [0.25, 0.3) is 16.7 Å². The minimum atomic E-state index is -4.64. The van der Waals surface area contributed by atoms with Crippen LogP contribution in [0.2, 0.25) is 0 Å². The van der Waals surface area contributed by atoms with Crippen molar-refractivity contribution in [2.75, 3.05) is 36.9 Å². The second-order valence-electron chi connectivity index (χ2n) is 16.7. The van der Waals surface area contributed by atoms with Gasteiger partial charge in [-0.15, -0.1) is 0 Å². The van der Waals surface area contributed by atoms with Gasteiger partial charge in [-0.3, -0.25) is 28.8 Å². The van der Waals surface area contributed by atoms with Gasteiger partial charge in [-0.2, -0.15) is 13.2 Å². The summed E-state index contributed by atoms with van der Waals surface area (Å²) in [7, 11) is 3.94. The molecule has 14 nitrogen and oxygen atoms in total. The molecular weight excluding hydrogens is 780 g/mol. The Kier molecular flexibility index (Phi) is 11.2. The standard InChI is InChI=1S/C43H50F3N9O5/c1-25(2)60-35-21-38-47-31(24-54(38)23-30(35)40(57)49-37-7-5-6-36(48-37)43(44,45)46)27-10-8-26(9-11-27)22-51(3)28-16-18-53(19-17-28)29-12-13-32-34(20-29)52(4)42(59)55(32)33-14-15-39(56)50-41(33)58/h5-7,12-13,20-21,23-28,33H,8-11,14-19,22H2,1-4H3,(H,48,49,57)(H,50,56,58). The van der Waals surface area contributed by atoms with Crippen molar-refractivity contribution in [1.82, 2.24) is 33.7 Å². The fraction of sp³-hybridized carbons (Fsp3) is 0.488. The average Bonchev–Trinajstić information content (AvgIpc) is 3.74. The number of rotatable bonds is 10. The van der Waals surface area contributed by atoms with Gasteiger partial charge in [0.25, 0.3) is 5.91 Å². The first-order chi connectivity index (χ1) is 28.6. The number of ether oxygens (including phenoxy) is 1. The van der Waals surface area contributed by atoms with Gasteiger partial charge in [-0.05, 0) is 102 Å².